The topological polar surface area (TPSA) is 77.2 Å². The van der Waals surface area contributed by atoms with E-state index in [1.807, 2.05) is 12.1 Å². The van der Waals surface area contributed by atoms with E-state index >= 15 is 0 Å². The molecule has 21 heavy (non-hydrogen) atoms. The second kappa shape index (κ2) is 7.75. The maximum absolute atomic E-state index is 11.5. The summed E-state index contributed by atoms with van der Waals surface area (Å²) >= 11 is 6.06. The van der Waals surface area contributed by atoms with E-state index in [9.17, 15) is 4.79 Å². The molecule has 6 nitrogen and oxygen atoms in total. The van der Waals surface area contributed by atoms with Crippen LogP contribution in [-0.2, 0) is 16.0 Å². The van der Waals surface area contributed by atoms with Gasteiger partial charge in [0.25, 0.3) is 0 Å². The molecule has 0 spiro atoms. The molecule has 112 valence electrons. The number of nitrogens with zero attached hydrogens (tertiary/aromatic N) is 2. The van der Waals surface area contributed by atoms with E-state index in [-0.39, 0.29) is 12.3 Å². The number of methoxy groups -OCH3 is 1. The largest absolute Gasteiger partial charge is 0.421 e. The first kappa shape index (κ1) is 15.5. The highest BCUT2D eigenvalue weighted by Crippen LogP contribution is 2.26. The van der Waals surface area contributed by atoms with Crippen LogP contribution in [-0.4, -0.2) is 36.4 Å². The zero-order chi connectivity index (χ0) is 15.1. The van der Waals surface area contributed by atoms with Crippen LogP contribution in [0.25, 0.3) is 11.5 Å². The van der Waals surface area contributed by atoms with Crippen LogP contribution in [0.5, 0.6) is 0 Å². The van der Waals surface area contributed by atoms with E-state index in [1.54, 1.807) is 19.2 Å². The molecule has 0 unspecified atom stereocenters. The minimum absolute atomic E-state index is 0.0791. The smallest absolute Gasteiger partial charge is 0.249 e. The fraction of sp³-hybridized carbons (Fsp3) is 0.357. The van der Waals surface area contributed by atoms with Gasteiger partial charge in [-0.05, 0) is 12.1 Å². The van der Waals surface area contributed by atoms with E-state index in [0.29, 0.717) is 41.9 Å². The number of nitrogens with one attached hydrogen (secondary N) is 1. The summed E-state index contributed by atoms with van der Waals surface area (Å²) in [7, 11) is 1.58. The van der Waals surface area contributed by atoms with E-state index in [1.165, 1.54) is 0 Å². The standard InChI is InChI=1S/C14H16ClN3O3/c1-20-9-8-16-12(19)6-7-13-17-18-14(21-13)10-4-2-3-5-11(10)15/h2-5H,6-9H2,1H3,(H,16,19). The third kappa shape index (κ3) is 4.54. The maximum Gasteiger partial charge on any atom is 0.249 e. The number of rotatable bonds is 7. The molecule has 1 aromatic heterocycles. The molecule has 0 fully saturated rings. The van der Waals surface area contributed by atoms with Crippen LogP contribution in [0.2, 0.25) is 5.02 Å². The third-order valence-corrected chi connectivity index (χ3v) is 3.09. The molecule has 0 saturated heterocycles. The molecule has 2 rings (SSSR count). The Kier molecular flexibility index (Phi) is 5.71. The first-order valence-electron chi connectivity index (χ1n) is 6.53. The summed E-state index contributed by atoms with van der Waals surface area (Å²) in [6.07, 6.45) is 0.671. The summed E-state index contributed by atoms with van der Waals surface area (Å²) in [6, 6.07) is 7.23. The second-order valence-corrected chi connectivity index (χ2v) is 4.73. The summed E-state index contributed by atoms with van der Waals surface area (Å²) < 4.78 is 10.4. The van der Waals surface area contributed by atoms with Crippen molar-refractivity contribution in [2.75, 3.05) is 20.3 Å². The zero-order valence-corrected chi connectivity index (χ0v) is 12.4. The molecule has 0 atom stereocenters. The summed E-state index contributed by atoms with van der Waals surface area (Å²) in [4.78, 5) is 11.5. The monoisotopic (exact) mass is 309 g/mol. The average Bonchev–Trinajstić information content (AvgIpc) is 2.94. The summed E-state index contributed by atoms with van der Waals surface area (Å²) in [6.45, 7) is 0.979. The van der Waals surface area contributed by atoms with Crippen LogP contribution in [0.3, 0.4) is 0 Å². The van der Waals surface area contributed by atoms with Gasteiger partial charge in [0.2, 0.25) is 17.7 Å². The summed E-state index contributed by atoms with van der Waals surface area (Å²) in [5.41, 5.74) is 0.683. The Morgan fingerprint density at radius 3 is 2.95 bits per heavy atom. The lowest BCUT2D eigenvalue weighted by Crippen LogP contribution is -2.27. The Balaban J connectivity index is 1.89. The minimum atomic E-state index is -0.0791. The lowest BCUT2D eigenvalue weighted by molar-refractivity contribution is -0.121. The number of amides is 1. The average molecular weight is 310 g/mol. The Bertz CT molecular complexity index is 601. The number of carbonyl (C=O) groups is 1. The third-order valence-electron chi connectivity index (χ3n) is 2.77. The SMILES string of the molecule is COCCNC(=O)CCc1nnc(-c2ccccc2Cl)o1. The number of hydrogen-bond donors (Lipinski definition) is 1. The normalized spacial score (nSPS) is 10.6. The molecule has 7 heteroatoms. The van der Waals surface area contributed by atoms with Crippen molar-refractivity contribution >= 4 is 17.5 Å². The van der Waals surface area contributed by atoms with Crippen LogP contribution >= 0.6 is 11.6 Å². The molecule has 0 bridgehead atoms. The van der Waals surface area contributed by atoms with Gasteiger partial charge in [0, 0.05) is 26.5 Å². The highest BCUT2D eigenvalue weighted by molar-refractivity contribution is 6.33. The number of aromatic nitrogens is 2. The summed E-state index contributed by atoms with van der Waals surface area (Å²) in [5, 5.41) is 11.1. The maximum atomic E-state index is 11.5. The van der Waals surface area contributed by atoms with Gasteiger partial charge < -0.3 is 14.5 Å². The predicted octanol–water partition coefficient (Wildman–Crippen LogP) is 2.09. The number of benzene rings is 1. The van der Waals surface area contributed by atoms with Crippen molar-refractivity contribution in [1.29, 1.82) is 0 Å². The van der Waals surface area contributed by atoms with Crippen molar-refractivity contribution in [3.8, 4) is 11.5 Å². The van der Waals surface area contributed by atoms with Gasteiger partial charge in [-0.1, -0.05) is 23.7 Å². The Morgan fingerprint density at radius 2 is 2.19 bits per heavy atom. The fourth-order valence-electron chi connectivity index (χ4n) is 1.70. The van der Waals surface area contributed by atoms with Crippen molar-refractivity contribution in [1.82, 2.24) is 15.5 Å². The lowest BCUT2D eigenvalue weighted by atomic mass is 10.2. The second-order valence-electron chi connectivity index (χ2n) is 4.32. The van der Waals surface area contributed by atoms with Crippen molar-refractivity contribution in [2.24, 2.45) is 0 Å². The van der Waals surface area contributed by atoms with Gasteiger partial charge in [-0.2, -0.15) is 0 Å². The number of aryl methyl sites for hydroxylation is 1. The number of halogens is 1. The van der Waals surface area contributed by atoms with Crippen molar-refractivity contribution in [3.05, 3.63) is 35.2 Å². The van der Waals surface area contributed by atoms with Crippen molar-refractivity contribution in [3.63, 3.8) is 0 Å². The predicted molar refractivity (Wildman–Crippen MR) is 78.0 cm³/mol. The van der Waals surface area contributed by atoms with Gasteiger partial charge in [-0.15, -0.1) is 10.2 Å². The Labute approximate surface area is 127 Å². The molecule has 1 amide bonds. The van der Waals surface area contributed by atoms with Crippen LogP contribution in [0.15, 0.2) is 28.7 Å². The van der Waals surface area contributed by atoms with Gasteiger partial charge >= 0.3 is 0 Å². The highest BCUT2D eigenvalue weighted by Gasteiger charge is 2.12. The zero-order valence-electron chi connectivity index (χ0n) is 11.6. The first-order valence-corrected chi connectivity index (χ1v) is 6.91. The van der Waals surface area contributed by atoms with Gasteiger partial charge in [0.15, 0.2) is 0 Å². The van der Waals surface area contributed by atoms with E-state index in [2.05, 4.69) is 15.5 Å². The molecule has 0 aliphatic rings. The molecular formula is C14H16ClN3O3. The molecular weight excluding hydrogens is 294 g/mol. The van der Waals surface area contributed by atoms with Crippen molar-refractivity contribution < 1.29 is 13.9 Å². The van der Waals surface area contributed by atoms with Crippen molar-refractivity contribution in [2.45, 2.75) is 12.8 Å². The Hall–Kier alpha value is -1.92. The molecule has 1 heterocycles. The quantitative estimate of drug-likeness (QED) is 0.792. The van der Waals surface area contributed by atoms with Gasteiger partial charge in [0.1, 0.15) is 0 Å². The number of ether oxygens (including phenoxy) is 1. The van der Waals surface area contributed by atoms with Crippen LogP contribution in [0, 0.1) is 0 Å². The molecule has 1 aromatic carbocycles. The van der Waals surface area contributed by atoms with Crippen LogP contribution in [0.1, 0.15) is 12.3 Å². The van der Waals surface area contributed by atoms with E-state index in [0.717, 1.165) is 0 Å². The minimum Gasteiger partial charge on any atom is -0.421 e. The molecule has 0 aliphatic carbocycles. The Morgan fingerprint density at radius 1 is 1.38 bits per heavy atom. The van der Waals surface area contributed by atoms with E-state index < -0.39 is 0 Å². The number of hydrogen-bond acceptors (Lipinski definition) is 5. The lowest BCUT2D eigenvalue weighted by Gasteiger charge is -2.02. The van der Waals surface area contributed by atoms with Gasteiger partial charge in [-0.25, -0.2) is 0 Å². The first-order chi connectivity index (χ1) is 10.2. The molecule has 2 aromatic rings. The van der Waals surface area contributed by atoms with E-state index in [4.69, 9.17) is 20.8 Å². The molecule has 0 aliphatic heterocycles. The fourth-order valence-corrected chi connectivity index (χ4v) is 1.92. The van der Waals surface area contributed by atoms with Crippen LogP contribution < -0.4 is 5.32 Å². The number of carbonyl (C=O) groups excluding carboxylic acids is 1. The summed E-state index contributed by atoms with van der Waals surface area (Å²) in [5.74, 6) is 0.687. The van der Waals surface area contributed by atoms with Crippen LogP contribution in [0.4, 0.5) is 0 Å². The highest BCUT2D eigenvalue weighted by atomic mass is 35.5. The molecule has 0 saturated carbocycles. The molecule has 1 N–H and O–H groups in total. The van der Waals surface area contributed by atoms with Gasteiger partial charge in [-0.3, -0.25) is 4.79 Å². The molecule has 0 radical (unpaired) electrons. The van der Waals surface area contributed by atoms with Gasteiger partial charge in [0.05, 0.1) is 17.2 Å².